The van der Waals surface area contributed by atoms with E-state index in [1.54, 1.807) is 0 Å². The Bertz CT molecular complexity index is 2460. The van der Waals surface area contributed by atoms with E-state index in [1.165, 1.54) is 82.4 Å². The SMILES string of the molecule is C/C=C\C=C/C1=C(C)c2ccc(-c3ccc4c(ccc5c6ccc(-c7ccc(-c8cccnc8)cc7)cc6ccc45)c3)cc2CC1.C/C=C\CC.CC.CC. The van der Waals surface area contributed by atoms with Crippen molar-refractivity contribution in [2.24, 2.45) is 0 Å². The Kier molecular flexibility index (Phi) is 14.7. The van der Waals surface area contributed by atoms with Crippen LogP contribution in [0, 0.1) is 0 Å². The van der Waals surface area contributed by atoms with Crippen LogP contribution in [0.3, 0.4) is 0 Å². The number of allylic oxidation sites excluding steroid dienone is 8. The van der Waals surface area contributed by atoms with Crippen LogP contribution in [-0.4, -0.2) is 4.98 Å². The lowest BCUT2D eigenvalue weighted by Crippen LogP contribution is -2.02. The van der Waals surface area contributed by atoms with Crippen LogP contribution in [-0.2, 0) is 6.42 Å². The van der Waals surface area contributed by atoms with Crippen LogP contribution in [0.4, 0.5) is 0 Å². The molecule has 1 heteroatoms. The first-order valence-electron chi connectivity index (χ1n) is 20.2. The third-order valence-electron chi connectivity index (χ3n) is 10.1. The first-order chi connectivity index (χ1) is 27.1. The van der Waals surface area contributed by atoms with Crippen LogP contribution in [0.25, 0.3) is 71.3 Å². The number of rotatable bonds is 6. The molecule has 1 aliphatic rings. The highest BCUT2D eigenvalue weighted by Gasteiger charge is 2.16. The molecule has 1 nitrogen and oxygen atoms in total. The molecule has 0 saturated heterocycles. The largest absolute Gasteiger partial charge is 0.264 e. The van der Waals surface area contributed by atoms with Crippen LogP contribution in [0.1, 0.15) is 79.4 Å². The number of aromatic nitrogens is 1. The molecule has 0 aliphatic heterocycles. The van der Waals surface area contributed by atoms with Gasteiger partial charge in [0.2, 0.25) is 0 Å². The first-order valence-corrected chi connectivity index (χ1v) is 20.2. The smallest absolute Gasteiger partial charge is 0.0346 e. The fourth-order valence-corrected chi connectivity index (χ4v) is 7.34. The molecule has 0 radical (unpaired) electrons. The Balaban J connectivity index is 0.000000591. The third kappa shape index (κ3) is 9.30. The summed E-state index contributed by atoms with van der Waals surface area (Å²) in [5, 5.41) is 7.72. The van der Waals surface area contributed by atoms with Crippen LogP contribution >= 0.6 is 0 Å². The van der Waals surface area contributed by atoms with Crippen molar-refractivity contribution in [3.8, 4) is 33.4 Å². The number of pyridine rings is 1. The van der Waals surface area contributed by atoms with Crippen molar-refractivity contribution in [1.29, 1.82) is 0 Å². The maximum Gasteiger partial charge on any atom is 0.0346 e. The number of benzene rings is 6. The summed E-state index contributed by atoms with van der Waals surface area (Å²) in [6, 6.07) is 42.9. The van der Waals surface area contributed by atoms with Gasteiger partial charge in [0.1, 0.15) is 0 Å². The first kappa shape index (κ1) is 40.4. The molecule has 0 bridgehead atoms. The minimum atomic E-state index is 1.08. The molecule has 1 aliphatic carbocycles. The van der Waals surface area contributed by atoms with Gasteiger partial charge in [-0.05, 0) is 146 Å². The van der Waals surface area contributed by atoms with Crippen molar-refractivity contribution in [1.82, 2.24) is 4.98 Å². The highest BCUT2D eigenvalue weighted by atomic mass is 14.6. The summed E-state index contributed by atoms with van der Waals surface area (Å²) in [5.74, 6) is 0. The van der Waals surface area contributed by atoms with Gasteiger partial charge in [-0.3, -0.25) is 4.98 Å². The predicted molar refractivity (Wildman–Crippen MR) is 246 cm³/mol. The molecule has 8 rings (SSSR count). The van der Waals surface area contributed by atoms with Crippen LogP contribution < -0.4 is 0 Å². The van der Waals surface area contributed by atoms with Crippen LogP contribution in [0.15, 0.2) is 170 Å². The van der Waals surface area contributed by atoms with Gasteiger partial charge in [0.05, 0.1) is 0 Å². The molecule has 0 saturated carbocycles. The Hall–Kier alpha value is -5.79. The molecule has 6 aromatic carbocycles. The zero-order chi connectivity index (χ0) is 39.2. The van der Waals surface area contributed by atoms with Crippen molar-refractivity contribution in [2.45, 2.75) is 74.7 Å². The molecule has 0 N–H and O–H groups in total. The Labute approximate surface area is 330 Å². The highest BCUT2D eigenvalue weighted by molar-refractivity contribution is 6.18. The fraction of sp³-hybridized carbons (Fsp3) is 0.204. The molecule has 55 heavy (non-hydrogen) atoms. The molecule has 0 atom stereocenters. The van der Waals surface area contributed by atoms with Gasteiger partial charge in [0.25, 0.3) is 0 Å². The molecule has 7 aromatic rings. The summed E-state index contributed by atoms with van der Waals surface area (Å²) in [6.07, 6.45) is 19.8. The van der Waals surface area contributed by atoms with E-state index in [4.69, 9.17) is 0 Å². The van der Waals surface area contributed by atoms with Gasteiger partial charge in [0.15, 0.2) is 0 Å². The molecule has 1 aromatic heterocycles. The minimum absolute atomic E-state index is 1.08. The maximum absolute atomic E-state index is 4.26. The van der Waals surface area contributed by atoms with E-state index in [2.05, 4.69) is 171 Å². The summed E-state index contributed by atoms with van der Waals surface area (Å²) in [5.41, 5.74) is 13.0. The number of hydrogen-bond acceptors (Lipinski definition) is 1. The molecule has 0 spiro atoms. The standard InChI is InChI=1S/C45H35N.C5H10.2C2H6/c1-3-4-5-7-31-9-14-37-27-35(15-20-41(37)30(31)2)36-17-22-43-39(28-36)19-24-44-42-21-16-34(26-38(42)18-23-45(43)44)32-10-12-33(13-11-32)40-8-6-25-46-29-40;1-3-5-4-2;2*1-2/h3-8,10-13,15-29H,9,14H2,1-2H3;3,5H,4H2,1-2H3;2*1-2H3/b4-3-,7-5-;5-3-;;. The molecular formula is C54H57N. The van der Waals surface area contributed by atoms with E-state index in [-0.39, 0.29) is 0 Å². The van der Waals surface area contributed by atoms with Gasteiger partial charge in [-0.1, -0.05) is 168 Å². The zero-order valence-corrected chi connectivity index (χ0v) is 34.2. The monoisotopic (exact) mass is 719 g/mol. The summed E-state index contributed by atoms with van der Waals surface area (Å²) < 4.78 is 0. The summed E-state index contributed by atoms with van der Waals surface area (Å²) in [6.45, 7) is 16.5. The van der Waals surface area contributed by atoms with Crippen LogP contribution in [0.2, 0.25) is 0 Å². The fourth-order valence-electron chi connectivity index (χ4n) is 7.34. The van der Waals surface area contributed by atoms with E-state index in [1.807, 2.05) is 53.1 Å². The molecular weight excluding hydrogens is 663 g/mol. The van der Waals surface area contributed by atoms with Gasteiger partial charge >= 0.3 is 0 Å². The van der Waals surface area contributed by atoms with E-state index >= 15 is 0 Å². The third-order valence-corrected chi connectivity index (χ3v) is 10.1. The van der Waals surface area contributed by atoms with Gasteiger partial charge in [-0.15, -0.1) is 0 Å². The summed E-state index contributed by atoms with van der Waals surface area (Å²) in [4.78, 5) is 4.26. The second-order valence-electron chi connectivity index (χ2n) is 13.3. The Morgan fingerprint density at radius 3 is 1.64 bits per heavy atom. The van der Waals surface area contributed by atoms with Gasteiger partial charge in [0, 0.05) is 12.4 Å². The summed E-state index contributed by atoms with van der Waals surface area (Å²) >= 11 is 0. The molecule has 0 fully saturated rings. The van der Waals surface area contributed by atoms with Crippen molar-refractivity contribution in [3.63, 3.8) is 0 Å². The van der Waals surface area contributed by atoms with E-state index in [0.29, 0.717) is 0 Å². The minimum Gasteiger partial charge on any atom is -0.264 e. The maximum atomic E-state index is 4.26. The van der Waals surface area contributed by atoms with Crippen LogP contribution in [0.5, 0.6) is 0 Å². The van der Waals surface area contributed by atoms with E-state index < -0.39 is 0 Å². The Morgan fingerprint density at radius 1 is 0.545 bits per heavy atom. The van der Waals surface area contributed by atoms with Crippen molar-refractivity contribution < 1.29 is 0 Å². The number of aryl methyl sites for hydroxylation is 1. The van der Waals surface area contributed by atoms with E-state index in [0.717, 1.165) is 24.8 Å². The second kappa shape index (κ2) is 20.0. The van der Waals surface area contributed by atoms with Crippen molar-refractivity contribution in [2.75, 3.05) is 0 Å². The Morgan fingerprint density at radius 2 is 1.09 bits per heavy atom. The lowest BCUT2D eigenvalue weighted by atomic mass is 9.84. The topological polar surface area (TPSA) is 12.9 Å². The lowest BCUT2D eigenvalue weighted by molar-refractivity contribution is 0.939. The summed E-state index contributed by atoms with van der Waals surface area (Å²) in [7, 11) is 0. The average molecular weight is 720 g/mol. The number of nitrogens with zero attached hydrogens (tertiary/aromatic N) is 1. The quantitative estimate of drug-likeness (QED) is 0.0947. The highest BCUT2D eigenvalue weighted by Crippen LogP contribution is 2.38. The van der Waals surface area contributed by atoms with Gasteiger partial charge < -0.3 is 0 Å². The van der Waals surface area contributed by atoms with Gasteiger partial charge in [-0.25, -0.2) is 0 Å². The normalized spacial score (nSPS) is 12.4. The molecule has 1 heterocycles. The predicted octanol–water partition coefficient (Wildman–Crippen LogP) is 16.4. The number of fused-ring (bicyclic) bond motifs is 6. The molecule has 0 amide bonds. The zero-order valence-electron chi connectivity index (χ0n) is 34.2. The van der Waals surface area contributed by atoms with Crippen molar-refractivity contribution >= 4 is 37.9 Å². The lowest BCUT2D eigenvalue weighted by Gasteiger charge is -2.21. The van der Waals surface area contributed by atoms with Crippen molar-refractivity contribution in [3.05, 3.63) is 181 Å². The number of hydrogen-bond donors (Lipinski definition) is 0. The molecule has 278 valence electrons. The average Bonchev–Trinajstić information content (AvgIpc) is 3.26. The second-order valence-corrected chi connectivity index (χ2v) is 13.3. The van der Waals surface area contributed by atoms with E-state index in [9.17, 15) is 0 Å². The molecule has 0 unspecified atom stereocenters. The van der Waals surface area contributed by atoms with Gasteiger partial charge in [-0.2, -0.15) is 0 Å².